The van der Waals surface area contributed by atoms with Crippen molar-refractivity contribution < 1.29 is 8.78 Å². The molecule has 0 unspecified atom stereocenters. The summed E-state index contributed by atoms with van der Waals surface area (Å²) in [7, 11) is 1.70. The standard InChI is InChI=1S/C10H9F2N3/c1-13-10-14-5-9(15-10)7-3-2-6(11)4-8(7)12/h2-5H,1H3,(H2,13,14,15). The Morgan fingerprint density at radius 3 is 2.73 bits per heavy atom. The third-order valence-corrected chi connectivity index (χ3v) is 2.03. The predicted octanol–water partition coefficient (Wildman–Crippen LogP) is 2.40. The largest absolute Gasteiger partial charge is 0.359 e. The number of nitrogens with zero attached hydrogens (tertiary/aromatic N) is 1. The van der Waals surface area contributed by atoms with E-state index in [1.54, 1.807) is 7.05 Å². The summed E-state index contributed by atoms with van der Waals surface area (Å²) in [5.41, 5.74) is 0.808. The first-order valence-corrected chi connectivity index (χ1v) is 4.39. The molecule has 0 fully saturated rings. The molecule has 0 aliphatic carbocycles. The van der Waals surface area contributed by atoms with E-state index in [0.29, 0.717) is 17.2 Å². The highest BCUT2D eigenvalue weighted by atomic mass is 19.1. The summed E-state index contributed by atoms with van der Waals surface area (Å²) in [6, 6.07) is 3.42. The molecular weight excluding hydrogens is 200 g/mol. The van der Waals surface area contributed by atoms with E-state index in [9.17, 15) is 8.78 Å². The van der Waals surface area contributed by atoms with Crippen LogP contribution in [-0.4, -0.2) is 17.0 Å². The molecule has 1 aromatic heterocycles. The summed E-state index contributed by atoms with van der Waals surface area (Å²) >= 11 is 0. The molecular formula is C10H9F2N3. The Balaban J connectivity index is 2.44. The van der Waals surface area contributed by atoms with Gasteiger partial charge in [-0.3, -0.25) is 0 Å². The lowest BCUT2D eigenvalue weighted by Gasteiger charge is -1.99. The van der Waals surface area contributed by atoms with Gasteiger partial charge in [-0.05, 0) is 12.1 Å². The van der Waals surface area contributed by atoms with Crippen LogP contribution in [0.3, 0.4) is 0 Å². The smallest absolute Gasteiger partial charge is 0.200 e. The fourth-order valence-corrected chi connectivity index (χ4v) is 1.29. The van der Waals surface area contributed by atoms with Crippen LogP contribution >= 0.6 is 0 Å². The van der Waals surface area contributed by atoms with Gasteiger partial charge in [-0.15, -0.1) is 0 Å². The minimum atomic E-state index is -0.610. The lowest BCUT2D eigenvalue weighted by Crippen LogP contribution is -1.90. The van der Waals surface area contributed by atoms with Gasteiger partial charge in [-0.1, -0.05) is 0 Å². The van der Waals surface area contributed by atoms with E-state index in [1.807, 2.05) is 0 Å². The molecule has 1 heterocycles. The quantitative estimate of drug-likeness (QED) is 0.797. The van der Waals surface area contributed by atoms with Gasteiger partial charge >= 0.3 is 0 Å². The van der Waals surface area contributed by atoms with Gasteiger partial charge < -0.3 is 10.3 Å². The SMILES string of the molecule is CNc1ncc(-c2ccc(F)cc2F)[nH]1. The van der Waals surface area contributed by atoms with Crippen molar-refractivity contribution >= 4 is 5.95 Å². The molecule has 78 valence electrons. The van der Waals surface area contributed by atoms with E-state index >= 15 is 0 Å². The zero-order chi connectivity index (χ0) is 10.8. The number of hydrogen-bond acceptors (Lipinski definition) is 2. The van der Waals surface area contributed by atoms with Crippen LogP contribution in [-0.2, 0) is 0 Å². The molecule has 0 saturated heterocycles. The molecule has 0 bridgehead atoms. The maximum absolute atomic E-state index is 13.3. The number of rotatable bonds is 2. The van der Waals surface area contributed by atoms with Crippen LogP contribution in [0.1, 0.15) is 0 Å². The van der Waals surface area contributed by atoms with Crippen LogP contribution in [0.2, 0.25) is 0 Å². The van der Waals surface area contributed by atoms with E-state index in [1.165, 1.54) is 18.3 Å². The van der Waals surface area contributed by atoms with Crippen molar-refractivity contribution in [3.63, 3.8) is 0 Å². The number of aromatic nitrogens is 2. The average Bonchev–Trinajstić information content (AvgIpc) is 2.66. The molecule has 0 aliphatic rings. The van der Waals surface area contributed by atoms with Gasteiger partial charge in [0.2, 0.25) is 0 Å². The molecule has 0 amide bonds. The average molecular weight is 209 g/mol. The number of imidazole rings is 1. The summed E-state index contributed by atoms with van der Waals surface area (Å²) in [4.78, 5) is 6.80. The Morgan fingerprint density at radius 1 is 1.33 bits per heavy atom. The highest BCUT2D eigenvalue weighted by Gasteiger charge is 2.08. The van der Waals surface area contributed by atoms with Gasteiger partial charge in [-0.25, -0.2) is 13.8 Å². The second-order valence-electron chi connectivity index (χ2n) is 3.02. The fraction of sp³-hybridized carbons (Fsp3) is 0.100. The molecule has 2 rings (SSSR count). The summed E-state index contributed by atoms with van der Waals surface area (Å²) in [6.07, 6.45) is 1.49. The van der Waals surface area contributed by atoms with Gasteiger partial charge in [0.05, 0.1) is 11.9 Å². The maximum Gasteiger partial charge on any atom is 0.200 e. The van der Waals surface area contributed by atoms with E-state index in [-0.39, 0.29) is 0 Å². The molecule has 2 N–H and O–H groups in total. The molecule has 1 aromatic carbocycles. The Hall–Kier alpha value is -1.91. The lowest BCUT2D eigenvalue weighted by molar-refractivity contribution is 0.585. The molecule has 0 spiro atoms. The highest BCUT2D eigenvalue weighted by molar-refractivity contribution is 5.60. The minimum absolute atomic E-state index is 0.297. The number of H-pyrrole nitrogens is 1. The van der Waals surface area contributed by atoms with Crippen LogP contribution in [0.4, 0.5) is 14.7 Å². The zero-order valence-electron chi connectivity index (χ0n) is 8.01. The van der Waals surface area contributed by atoms with E-state index in [4.69, 9.17) is 0 Å². The van der Waals surface area contributed by atoms with E-state index < -0.39 is 11.6 Å². The third kappa shape index (κ3) is 1.81. The van der Waals surface area contributed by atoms with Crippen molar-refractivity contribution in [1.82, 2.24) is 9.97 Å². The molecule has 0 radical (unpaired) electrons. The van der Waals surface area contributed by atoms with Gasteiger partial charge in [-0.2, -0.15) is 0 Å². The first-order chi connectivity index (χ1) is 7.20. The number of aromatic amines is 1. The first-order valence-electron chi connectivity index (χ1n) is 4.39. The molecule has 3 nitrogen and oxygen atoms in total. The van der Waals surface area contributed by atoms with Crippen molar-refractivity contribution in [1.29, 1.82) is 0 Å². The Labute approximate surface area is 85.2 Å². The first kappa shape index (κ1) is 9.64. The van der Waals surface area contributed by atoms with Crippen LogP contribution in [0, 0.1) is 11.6 Å². The normalized spacial score (nSPS) is 10.3. The molecule has 5 heteroatoms. The maximum atomic E-state index is 13.3. The fourth-order valence-electron chi connectivity index (χ4n) is 1.29. The van der Waals surface area contributed by atoms with Crippen molar-refractivity contribution in [3.8, 4) is 11.3 Å². The molecule has 0 aliphatic heterocycles. The van der Waals surface area contributed by atoms with Crippen LogP contribution < -0.4 is 5.32 Å². The summed E-state index contributed by atoms with van der Waals surface area (Å²) in [5.74, 6) is -0.667. The summed E-state index contributed by atoms with van der Waals surface area (Å²) in [5, 5.41) is 2.78. The Morgan fingerprint density at radius 2 is 2.13 bits per heavy atom. The Bertz CT molecular complexity index is 479. The lowest BCUT2D eigenvalue weighted by atomic mass is 10.1. The van der Waals surface area contributed by atoms with Crippen molar-refractivity contribution in [2.45, 2.75) is 0 Å². The van der Waals surface area contributed by atoms with Crippen LogP contribution in [0.15, 0.2) is 24.4 Å². The molecule has 15 heavy (non-hydrogen) atoms. The second kappa shape index (κ2) is 3.68. The number of benzene rings is 1. The molecule has 0 saturated carbocycles. The summed E-state index contributed by atoms with van der Waals surface area (Å²) < 4.78 is 26.0. The molecule has 0 atom stereocenters. The van der Waals surface area contributed by atoms with Gasteiger partial charge in [0.25, 0.3) is 0 Å². The monoisotopic (exact) mass is 209 g/mol. The Kier molecular flexibility index (Phi) is 2.37. The number of nitrogens with one attached hydrogen (secondary N) is 2. The zero-order valence-corrected chi connectivity index (χ0v) is 8.01. The van der Waals surface area contributed by atoms with Crippen molar-refractivity contribution in [2.24, 2.45) is 0 Å². The van der Waals surface area contributed by atoms with Gasteiger partial charge in [0.1, 0.15) is 11.6 Å². The van der Waals surface area contributed by atoms with Crippen LogP contribution in [0.5, 0.6) is 0 Å². The topological polar surface area (TPSA) is 40.7 Å². The second-order valence-corrected chi connectivity index (χ2v) is 3.02. The van der Waals surface area contributed by atoms with E-state index in [2.05, 4.69) is 15.3 Å². The number of anilines is 1. The minimum Gasteiger partial charge on any atom is -0.359 e. The number of halogens is 2. The van der Waals surface area contributed by atoms with Crippen molar-refractivity contribution in [3.05, 3.63) is 36.0 Å². The van der Waals surface area contributed by atoms with Gasteiger partial charge in [0.15, 0.2) is 5.95 Å². The van der Waals surface area contributed by atoms with Crippen molar-refractivity contribution in [2.75, 3.05) is 12.4 Å². The number of hydrogen-bond donors (Lipinski definition) is 2. The highest BCUT2D eigenvalue weighted by Crippen LogP contribution is 2.22. The summed E-state index contributed by atoms with van der Waals surface area (Å²) in [6.45, 7) is 0. The van der Waals surface area contributed by atoms with Gasteiger partial charge in [0, 0.05) is 18.7 Å². The van der Waals surface area contributed by atoms with Crippen LogP contribution in [0.25, 0.3) is 11.3 Å². The molecule has 2 aromatic rings. The predicted molar refractivity (Wildman–Crippen MR) is 53.5 cm³/mol. The third-order valence-electron chi connectivity index (χ3n) is 2.03. The van der Waals surface area contributed by atoms with E-state index in [0.717, 1.165) is 6.07 Å².